The zero-order valence-corrected chi connectivity index (χ0v) is 10.4. The molecular formula is C11H24N2O2. The minimum absolute atomic E-state index is 0.0258. The maximum atomic E-state index is 11.1. The summed E-state index contributed by atoms with van der Waals surface area (Å²) < 4.78 is 4.99. The average Bonchev–Trinajstić information content (AvgIpc) is 2.17. The normalized spacial score (nSPS) is 11.1. The first-order valence-electron chi connectivity index (χ1n) is 5.72. The molecule has 4 heteroatoms. The lowest BCUT2D eigenvalue weighted by Crippen LogP contribution is -2.35. The Labute approximate surface area is 93.0 Å². The van der Waals surface area contributed by atoms with Gasteiger partial charge in [-0.05, 0) is 26.9 Å². The van der Waals surface area contributed by atoms with Gasteiger partial charge in [-0.25, -0.2) is 0 Å². The van der Waals surface area contributed by atoms with Crippen LogP contribution in [0.3, 0.4) is 0 Å². The predicted octanol–water partition coefficient (Wildman–Crippen LogP) is 0.869. The molecule has 1 N–H and O–H groups in total. The Hall–Kier alpha value is -0.610. The maximum absolute atomic E-state index is 11.1. The van der Waals surface area contributed by atoms with Crippen LogP contribution in [0, 0.1) is 0 Å². The number of ether oxygens (including phenoxy) is 1. The number of rotatable bonds is 8. The largest absolute Gasteiger partial charge is 0.462 e. The van der Waals surface area contributed by atoms with Crippen molar-refractivity contribution in [3.8, 4) is 0 Å². The summed E-state index contributed by atoms with van der Waals surface area (Å²) in [5, 5.41) is 3.07. The van der Waals surface area contributed by atoms with Gasteiger partial charge >= 0.3 is 5.97 Å². The summed E-state index contributed by atoms with van der Waals surface area (Å²) in [4.78, 5) is 13.4. The van der Waals surface area contributed by atoms with Gasteiger partial charge in [-0.15, -0.1) is 0 Å². The van der Waals surface area contributed by atoms with Gasteiger partial charge in [0.2, 0.25) is 0 Å². The van der Waals surface area contributed by atoms with Crippen molar-refractivity contribution in [3.05, 3.63) is 0 Å². The van der Waals surface area contributed by atoms with Gasteiger partial charge in [-0.1, -0.05) is 13.8 Å². The Bertz CT molecular complexity index is 168. The van der Waals surface area contributed by atoms with E-state index in [0.717, 1.165) is 26.2 Å². The molecule has 0 aromatic heterocycles. The van der Waals surface area contributed by atoms with Crippen molar-refractivity contribution in [1.29, 1.82) is 0 Å². The molecular weight excluding hydrogens is 192 g/mol. The molecule has 0 heterocycles. The second-order valence-electron chi connectivity index (χ2n) is 3.74. The van der Waals surface area contributed by atoms with Crippen LogP contribution in [0.1, 0.15) is 27.7 Å². The van der Waals surface area contributed by atoms with E-state index in [1.54, 1.807) is 0 Å². The van der Waals surface area contributed by atoms with E-state index in [2.05, 4.69) is 24.1 Å². The van der Waals surface area contributed by atoms with Gasteiger partial charge in [-0.3, -0.25) is 4.79 Å². The van der Waals surface area contributed by atoms with Crippen LogP contribution in [0.4, 0.5) is 0 Å². The molecule has 0 bridgehead atoms. The van der Waals surface area contributed by atoms with E-state index in [1.165, 1.54) is 0 Å². The summed E-state index contributed by atoms with van der Waals surface area (Å²) in [6.07, 6.45) is -0.0258. The van der Waals surface area contributed by atoms with E-state index >= 15 is 0 Å². The highest BCUT2D eigenvalue weighted by atomic mass is 16.5. The Morgan fingerprint density at radius 3 is 2.40 bits per heavy atom. The summed E-state index contributed by atoms with van der Waals surface area (Å²) in [7, 11) is 0. The average molecular weight is 216 g/mol. The second-order valence-corrected chi connectivity index (χ2v) is 3.74. The Balaban J connectivity index is 3.41. The second kappa shape index (κ2) is 8.68. The molecule has 15 heavy (non-hydrogen) atoms. The van der Waals surface area contributed by atoms with Crippen LogP contribution in [-0.2, 0) is 9.53 Å². The maximum Gasteiger partial charge on any atom is 0.320 e. The zero-order valence-electron chi connectivity index (χ0n) is 10.4. The molecule has 0 unspecified atom stereocenters. The predicted molar refractivity (Wildman–Crippen MR) is 61.9 cm³/mol. The van der Waals surface area contributed by atoms with Crippen LogP contribution in [0.5, 0.6) is 0 Å². The molecule has 0 atom stereocenters. The number of carbonyl (C=O) groups excluding carboxylic acids is 1. The molecule has 0 aliphatic rings. The van der Waals surface area contributed by atoms with E-state index < -0.39 is 0 Å². The lowest BCUT2D eigenvalue weighted by atomic mass is 10.4. The number of nitrogens with zero attached hydrogens (tertiary/aromatic N) is 1. The first-order valence-corrected chi connectivity index (χ1v) is 5.72. The minimum atomic E-state index is -0.176. The Kier molecular flexibility index (Phi) is 8.33. The standard InChI is InChI=1S/C11H24N2O2/c1-5-13(6-2)8-7-12-9-11(14)15-10(3)4/h10,12H,5-9H2,1-4H3. The Morgan fingerprint density at radius 2 is 1.93 bits per heavy atom. The lowest BCUT2D eigenvalue weighted by molar-refractivity contribution is -0.146. The molecule has 0 amide bonds. The Morgan fingerprint density at radius 1 is 1.33 bits per heavy atom. The lowest BCUT2D eigenvalue weighted by Gasteiger charge is -2.17. The monoisotopic (exact) mass is 216 g/mol. The fourth-order valence-electron chi connectivity index (χ4n) is 1.27. The van der Waals surface area contributed by atoms with E-state index in [0.29, 0.717) is 6.54 Å². The van der Waals surface area contributed by atoms with Crippen LogP contribution in [0.2, 0.25) is 0 Å². The fraction of sp³-hybridized carbons (Fsp3) is 0.909. The van der Waals surface area contributed by atoms with Gasteiger partial charge in [0.15, 0.2) is 0 Å². The highest BCUT2D eigenvalue weighted by Gasteiger charge is 2.04. The number of hydrogen-bond acceptors (Lipinski definition) is 4. The highest BCUT2D eigenvalue weighted by molar-refractivity contribution is 5.71. The zero-order chi connectivity index (χ0) is 11.7. The summed E-state index contributed by atoms with van der Waals surface area (Å²) in [6.45, 7) is 12.2. The number of likely N-dealkylation sites (N-methyl/N-ethyl adjacent to an activating group) is 1. The van der Waals surface area contributed by atoms with E-state index in [9.17, 15) is 4.79 Å². The molecule has 0 aliphatic heterocycles. The summed E-state index contributed by atoms with van der Waals surface area (Å²) in [5.41, 5.74) is 0. The molecule has 0 rings (SSSR count). The molecule has 0 aliphatic carbocycles. The van der Waals surface area contributed by atoms with Gasteiger partial charge < -0.3 is 15.0 Å². The van der Waals surface area contributed by atoms with Gasteiger partial charge in [0.05, 0.1) is 12.6 Å². The first kappa shape index (κ1) is 14.4. The summed E-state index contributed by atoms with van der Waals surface area (Å²) in [5.74, 6) is -0.176. The van der Waals surface area contributed by atoms with E-state index in [1.807, 2.05) is 13.8 Å². The molecule has 0 saturated heterocycles. The van der Waals surface area contributed by atoms with Crippen LogP contribution in [0.25, 0.3) is 0 Å². The van der Waals surface area contributed by atoms with Crippen LogP contribution < -0.4 is 5.32 Å². The summed E-state index contributed by atoms with van der Waals surface area (Å²) >= 11 is 0. The van der Waals surface area contributed by atoms with Crippen molar-refractivity contribution in [2.24, 2.45) is 0 Å². The van der Waals surface area contributed by atoms with Crippen molar-refractivity contribution in [2.75, 3.05) is 32.7 Å². The molecule has 4 nitrogen and oxygen atoms in total. The van der Waals surface area contributed by atoms with Gasteiger partial charge in [-0.2, -0.15) is 0 Å². The molecule has 0 radical (unpaired) electrons. The van der Waals surface area contributed by atoms with Crippen molar-refractivity contribution in [3.63, 3.8) is 0 Å². The smallest absolute Gasteiger partial charge is 0.320 e. The van der Waals surface area contributed by atoms with E-state index in [4.69, 9.17) is 4.74 Å². The molecule has 0 spiro atoms. The fourth-order valence-corrected chi connectivity index (χ4v) is 1.27. The SMILES string of the molecule is CCN(CC)CCNCC(=O)OC(C)C. The summed E-state index contributed by atoms with van der Waals surface area (Å²) in [6, 6.07) is 0. The molecule has 0 aromatic rings. The number of esters is 1. The van der Waals surface area contributed by atoms with Gasteiger partial charge in [0.1, 0.15) is 0 Å². The highest BCUT2D eigenvalue weighted by Crippen LogP contribution is 1.88. The molecule has 0 fully saturated rings. The third-order valence-corrected chi connectivity index (χ3v) is 2.14. The third kappa shape index (κ3) is 8.39. The minimum Gasteiger partial charge on any atom is -0.462 e. The van der Waals surface area contributed by atoms with E-state index in [-0.39, 0.29) is 12.1 Å². The van der Waals surface area contributed by atoms with Crippen LogP contribution in [0.15, 0.2) is 0 Å². The molecule has 0 saturated carbocycles. The molecule has 0 aromatic carbocycles. The quantitative estimate of drug-likeness (QED) is 0.483. The third-order valence-electron chi connectivity index (χ3n) is 2.14. The van der Waals surface area contributed by atoms with Crippen molar-refractivity contribution in [2.45, 2.75) is 33.8 Å². The van der Waals surface area contributed by atoms with Crippen LogP contribution in [-0.4, -0.2) is 49.7 Å². The number of nitrogens with one attached hydrogen (secondary N) is 1. The number of carbonyl (C=O) groups is 1. The number of hydrogen-bond donors (Lipinski definition) is 1. The first-order chi connectivity index (χ1) is 7.10. The molecule has 90 valence electrons. The van der Waals surface area contributed by atoms with Gasteiger partial charge in [0.25, 0.3) is 0 Å². The van der Waals surface area contributed by atoms with Gasteiger partial charge in [0, 0.05) is 13.1 Å². The van der Waals surface area contributed by atoms with Crippen LogP contribution >= 0.6 is 0 Å². The topological polar surface area (TPSA) is 41.6 Å². The van der Waals surface area contributed by atoms with Crippen molar-refractivity contribution < 1.29 is 9.53 Å². The van der Waals surface area contributed by atoms with Crippen molar-refractivity contribution >= 4 is 5.97 Å². The van der Waals surface area contributed by atoms with Crippen molar-refractivity contribution in [1.82, 2.24) is 10.2 Å².